The first-order valence-electron chi connectivity index (χ1n) is 15.0. The van der Waals surface area contributed by atoms with Crippen molar-refractivity contribution in [1.29, 1.82) is 0 Å². The molecule has 0 N–H and O–H groups in total. The fourth-order valence-corrected chi connectivity index (χ4v) is 6.91. The summed E-state index contributed by atoms with van der Waals surface area (Å²) in [4.78, 5) is 23.8. The molecule has 0 aliphatic carbocycles. The molecule has 2 aromatic rings. The molecule has 0 aromatic heterocycles. The summed E-state index contributed by atoms with van der Waals surface area (Å²) in [5.41, 5.74) is -3.10. The van der Waals surface area contributed by atoms with Gasteiger partial charge in [0.05, 0.1) is 13.2 Å². The van der Waals surface area contributed by atoms with E-state index in [4.69, 9.17) is 9.47 Å². The molecule has 6 atom stereocenters. The minimum absolute atomic E-state index is 0.0228. The van der Waals surface area contributed by atoms with Gasteiger partial charge in [0.1, 0.15) is 11.6 Å². The van der Waals surface area contributed by atoms with Crippen LogP contribution in [0.4, 0.5) is 17.6 Å². The Kier molecular flexibility index (Phi) is 15.3. The van der Waals surface area contributed by atoms with Crippen LogP contribution in [0.3, 0.4) is 0 Å². The molecule has 0 bridgehead atoms. The Labute approximate surface area is 275 Å². The first kappa shape index (κ1) is 41.4. The fraction of sp³-hybridized carbons (Fsp3) is 0.588. The highest BCUT2D eigenvalue weighted by Crippen LogP contribution is 2.37. The second kappa shape index (κ2) is 17.0. The molecule has 0 heterocycles. The maximum Gasteiger partial charge on any atom is 0.341 e. The van der Waals surface area contributed by atoms with Gasteiger partial charge in [0.15, 0.2) is 0 Å². The van der Waals surface area contributed by atoms with Crippen LogP contribution < -0.4 is 0 Å². The van der Waals surface area contributed by atoms with E-state index in [1.807, 2.05) is 0 Å². The maximum absolute atomic E-state index is 14.9. The van der Waals surface area contributed by atoms with Crippen molar-refractivity contribution in [2.45, 2.75) is 102 Å². The molecule has 0 fully saturated rings. The van der Waals surface area contributed by atoms with Crippen LogP contribution in [0.5, 0.6) is 0 Å². The first-order valence-corrected chi connectivity index (χ1v) is 17.6. The number of carbonyl (C=O) groups is 2. The molecule has 0 saturated heterocycles. The Morgan fingerprint density at radius 1 is 0.630 bits per heavy atom. The largest absolute Gasteiger partial charge is 0.464 e. The molecule has 2 aromatic carbocycles. The number of alkyl halides is 2. The quantitative estimate of drug-likeness (QED) is 0.175. The fourth-order valence-electron chi connectivity index (χ4n) is 4.35. The summed E-state index contributed by atoms with van der Waals surface area (Å²) in [5, 5.41) is 0. The van der Waals surface area contributed by atoms with Crippen molar-refractivity contribution < 1.29 is 45.0 Å². The molecule has 0 spiro atoms. The molecule has 260 valence electrons. The van der Waals surface area contributed by atoms with Gasteiger partial charge in [0.25, 0.3) is 0 Å². The summed E-state index contributed by atoms with van der Waals surface area (Å²) in [6.07, 6.45) is -4.21. The van der Waals surface area contributed by atoms with E-state index in [1.54, 1.807) is 67.5 Å². The Morgan fingerprint density at radius 3 is 1.15 bits per heavy atom. The highest BCUT2D eigenvalue weighted by molar-refractivity contribution is 7.86. The van der Waals surface area contributed by atoms with Gasteiger partial charge in [-0.3, -0.25) is 8.42 Å². The maximum atomic E-state index is 14.9. The van der Waals surface area contributed by atoms with Crippen molar-refractivity contribution in [2.24, 2.45) is 0 Å². The lowest BCUT2D eigenvalue weighted by atomic mass is 9.79. The van der Waals surface area contributed by atoms with Gasteiger partial charge >= 0.3 is 11.9 Å². The monoisotopic (exact) mass is 692 g/mol. The van der Waals surface area contributed by atoms with Crippen LogP contribution in [0.25, 0.3) is 0 Å². The third-order valence-electron chi connectivity index (χ3n) is 7.31. The molecule has 0 unspecified atom stereocenters. The lowest BCUT2D eigenvalue weighted by Crippen LogP contribution is -2.47. The van der Waals surface area contributed by atoms with Crippen LogP contribution in [0.2, 0.25) is 0 Å². The van der Waals surface area contributed by atoms with Gasteiger partial charge in [0, 0.05) is 53.4 Å². The summed E-state index contributed by atoms with van der Waals surface area (Å²) in [7, 11) is -2.94. The minimum Gasteiger partial charge on any atom is -0.464 e. The number of ether oxygens (including phenoxy) is 2. The molecular formula is C34H48F4O6S2. The summed E-state index contributed by atoms with van der Waals surface area (Å²) in [5.74, 6) is -3.76. The average Bonchev–Trinajstić information content (AvgIpc) is 2.96. The normalized spacial score (nSPS) is 17.2. The van der Waals surface area contributed by atoms with Gasteiger partial charge in [-0.2, -0.15) is 0 Å². The second-order valence-electron chi connectivity index (χ2n) is 13.2. The number of benzene rings is 2. The highest BCUT2D eigenvalue weighted by atomic mass is 32.2. The molecule has 2 rings (SSSR count). The Hall–Kier alpha value is -2.60. The number of hydrogen-bond acceptors (Lipinski definition) is 6. The van der Waals surface area contributed by atoms with E-state index >= 15 is 0 Å². The van der Waals surface area contributed by atoms with E-state index in [9.17, 15) is 35.6 Å². The molecule has 0 saturated carbocycles. The van der Waals surface area contributed by atoms with E-state index in [-0.39, 0.29) is 35.8 Å². The van der Waals surface area contributed by atoms with Crippen molar-refractivity contribution in [3.05, 3.63) is 71.3 Å². The Bertz CT molecular complexity index is 1270. The van der Waals surface area contributed by atoms with Gasteiger partial charge in [-0.05, 0) is 78.6 Å². The molecule has 6 nitrogen and oxygen atoms in total. The highest BCUT2D eigenvalue weighted by Gasteiger charge is 2.47. The van der Waals surface area contributed by atoms with E-state index in [0.29, 0.717) is 0 Å². The van der Waals surface area contributed by atoms with Crippen LogP contribution in [0, 0.1) is 11.6 Å². The predicted octanol–water partition coefficient (Wildman–Crippen LogP) is 7.06. The third kappa shape index (κ3) is 10.7. The van der Waals surface area contributed by atoms with Crippen LogP contribution >= 0.6 is 0 Å². The number of carbonyl (C=O) groups excluding carboxylic acids is 2. The van der Waals surface area contributed by atoms with E-state index in [1.165, 1.54) is 50.2 Å². The smallest absolute Gasteiger partial charge is 0.341 e. The van der Waals surface area contributed by atoms with Gasteiger partial charge in [0.2, 0.25) is 12.3 Å². The second-order valence-corrected chi connectivity index (χ2v) is 17.6. The van der Waals surface area contributed by atoms with Crippen LogP contribution in [-0.4, -0.2) is 66.9 Å². The lowest BCUT2D eigenvalue weighted by molar-refractivity contribution is -0.152. The molecule has 12 heteroatoms. The molecular weight excluding hydrogens is 644 g/mol. The lowest BCUT2D eigenvalue weighted by Gasteiger charge is -2.34. The van der Waals surface area contributed by atoms with Crippen molar-refractivity contribution in [2.75, 3.05) is 24.7 Å². The van der Waals surface area contributed by atoms with Gasteiger partial charge < -0.3 is 9.47 Å². The number of halogens is 4. The predicted molar refractivity (Wildman–Crippen MR) is 176 cm³/mol. The average molecular weight is 693 g/mol. The minimum atomic E-state index is -2.11. The summed E-state index contributed by atoms with van der Waals surface area (Å²) in [6, 6.07) is 11.3. The molecule has 0 aliphatic heterocycles. The van der Waals surface area contributed by atoms with Crippen molar-refractivity contribution >= 4 is 33.5 Å². The Morgan fingerprint density at radius 2 is 0.913 bits per heavy atom. The summed E-state index contributed by atoms with van der Waals surface area (Å²) < 4.78 is 91.5. The number of hydrogen-bond donors (Lipinski definition) is 0. The van der Waals surface area contributed by atoms with Crippen LogP contribution in [0.1, 0.15) is 80.4 Å². The van der Waals surface area contributed by atoms with Crippen LogP contribution in [-0.2, 0) is 51.5 Å². The van der Waals surface area contributed by atoms with Gasteiger partial charge in [-0.25, -0.2) is 27.2 Å². The molecule has 0 aliphatic rings. The van der Waals surface area contributed by atoms with Crippen molar-refractivity contribution in [3.63, 3.8) is 0 Å². The molecule has 46 heavy (non-hydrogen) atoms. The van der Waals surface area contributed by atoms with E-state index < -0.39 is 77.8 Å². The summed E-state index contributed by atoms with van der Waals surface area (Å²) in [6.45, 7) is 16.5. The van der Waals surface area contributed by atoms with Crippen LogP contribution in [0.15, 0.2) is 48.5 Å². The molecule has 0 amide bonds. The SMILES string of the molecule is CCOC(=O)[C@@H](F)[C@](C)(C[S@@](=O)C(C)(C)C)c1ccccc1F.CCOC(=O)[C@H](F)[C@](C)(C[S@@](=O)C(C)(C)C)c1ccccc1F. The van der Waals surface area contributed by atoms with Crippen molar-refractivity contribution in [1.82, 2.24) is 0 Å². The number of rotatable bonds is 12. The van der Waals surface area contributed by atoms with Gasteiger partial charge in [-0.1, -0.05) is 50.2 Å². The van der Waals surface area contributed by atoms with E-state index in [2.05, 4.69) is 0 Å². The standard InChI is InChI=1S/2C17H24F2O3S/c2*1-6-22-15(20)14(19)17(5,11-23(21)16(2,3)4)12-9-7-8-10-13(12)18/h2*7-10,14H,6,11H2,1-5H3/t14-,17+,23+;14-,17-,23-/m01/s1. The summed E-state index contributed by atoms with van der Waals surface area (Å²) >= 11 is 0. The zero-order chi connectivity index (χ0) is 35.7. The Balaban J connectivity index is 0.000000460. The van der Waals surface area contributed by atoms with Gasteiger partial charge in [-0.15, -0.1) is 0 Å². The molecule has 0 radical (unpaired) electrons. The first-order chi connectivity index (χ1) is 21.1. The van der Waals surface area contributed by atoms with Crippen molar-refractivity contribution in [3.8, 4) is 0 Å². The number of esters is 2. The zero-order valence-electron chi connectivity index (χ0n) is 28.4. The third-order valence-corrected chi connectivity index (χ3v) is 11.8. The topological polar surface area (TPSA) is 86.7 Å². The zero-order valence-corrected chi connectivity index (χ0v) is 30.0. The van der Waals surface area contributed by atoms with E-state index in [0.717, 1.165) is 0 Å².